The molecule has 0 radical (unpaired) electrons. The Morgan fingerprint density at radius 2 is 1.70 bits per heavy atom. The van der Waals surface area contributed by atoms with Gasteiger partial charge in [0, 0.05) is 15.6 Å². The number of ether oxygens (including phenoxy) is 2. The van der Waals surface area contributed by atoms with Gasteiger partial charge < -0.3 is 9.47 Å². The van der Waals surface area contributed by atoms with Crippen molar-refractivity contribution in [2.45, 2.75) is 11.4 Å². The third kappa shape index (κ3) is 5.06. The number of sulfonamides is 1. The van der Waals surface area contributed by atoms with Gasteiger partial charge in [-0.3, -0.25) is 4.31 Å². The lowest BCUT2D eigenvalue weighted by Crippen LogP contribution is -2.31. The number of halogens is 2. The molecule has 0 amide bonds. The summed E-state index contributed by atoms with van der Waals surface area (Å²) in [6.07, 6.45) is 0. The van der Waals surface area contributed by atoms with Crippen LogP contribution in [0.2, 0.25) is 10.0 Å². The van der Waals surface area contributed by atoms with E-state index in [1.54, 1.807) is 18.2 Å². The van der Waals surface area contributed by atoms with Crippen molar-refractivity contribution in [2.75, 3.05) is 18.5 Å². The topological polar surface area (TPSA) is 96.7 Å². The van der Waals surface area contributed by atoms with Crippen LogP contribution in [0.15, 0.2) is 65.6 Å². The molecule has 0 aliphatic carbocycles. The molecule has 3 aromatic rings. The first-order valence-corrected chi connectivity index (χ1v) is 11.6. The molecule has 0 saturated heterocycles. The number of rotatable bonds is 7. The minimum atomic E-state index is -4.22. The molecular formula is C23H18Cl2N2O5S. The number of nitrogens with zero attached hydrogens (tertiary/aromatic N) is 2. The predicted molar refractivity (Wildman–Crippen MR) is 125 cm³/mol. The van der Waals surface area contributed by atoms with Crippen molar-refractivity contribution in [2.24, 2.45) is 0 Å². The van der Waals surface area contributed by atoms with E-state index in [2.05, 4.69) is 0 Å². The molecule has 0 unspecified atom stereocenters. The van der Waals surface area contributed by atoms with Crippen LogP contribution in [0.3, 0.4) is 0 Å². The molecule has 0 spiro atoms. The van der Waals surface area contributed by atoms with Gasteiger partial charge in [0.2, 0.25) is 0 Å². The zero-order valence-electron chi connectivity index (χ0n) is 17.6. The molecule has 33 heavy (non-hydrogen) atoms. The largest absolute Gasteiger partial charge is 0.496 e. The van der Waals surface area contributed by atoms with Gasteiger partial charge in [0.25, 0.3) is 10.0 Å². The molecule has 3 aromatic carbocycles. The fourth-order valence-electron chi connectivity index (χ4n) is 3.12. The van der Waals surface area contributed by atoms with Gasteiger partial charge in [-0.25, -0.2) is 13.2 Å². The maximum Gasteiger partial charge on any atom is 0.341 e. The molecule has 0 aromatic heterocycles. The van der Waals surface area contributed by atoms with E-state index in [1.165, 1.54) is 56.7 Å². The number of hydrogen-bond acceptors (Lipinski definition) is 6. The highest BCUT2D eigenvalue weighted by molar-refractivity contribution is 7.92. The van der Waals surface area contributed by atoms with Crippen LogP contribution in [0.5, 0.6) is 5.75 Å². The van der Waals surface area contributed by atoms with Crippen molar-refractivity contribution in [1.82, 2.24) is 0 Å². The van der Waals surface area contributed by atoms with Crippen LogP contribution in [-0.4, -0.2) is 28.6 Å². The van der Waals surface area contributed by atoms with Crippen LogP contribution in [-0.2, 0) is 21.3 Å². The first kappa shape index (κ1) is 24.4. The first-order valence-electron chi connectivity index (χ1n) is 9.45. The molecule has 0 heterocycles. The fourth-order valence-corrected chi connectivity index (χ4v) is 5.10. The third-order valence-corrected chi connectivity index (χ3v) is 7.27. The summed E-state index contributed by atoms with van der Waals surface area (Å²) >= 11 is 12.6. The summed E-state index contributed by atoms with van der Waals surface area (Å²) in [6, 6.07) is 16.7. The van der Waals surface area contributed by atoms with Gasteiger partial charge in [-0.15, -0.1) is 0 Å². The summed E-state index contributed by atoms with van der Waals surface area (Å²) in [4.78, 5) is 12.2. The van der Waals surface area contributed by atoms with E-state index in [1.807, 2.05) is 6.07 Å². The molecule has 0 aliphatic heterocycles. The minimum Gasteiger partial charge on any atom is -0.496 e. The number of benzene rings is 3. The van der Waals surface area contributed by atoms with Crippen LogP contribution in [0, 0.1) is 11.3 Å². The van der Waals surface area contributed by atoms with E-state index >= 15 is 0 Å². The Hall–Kier alpha value is -3.25. The standard InChI is InChI=1S/C23H18Cl2N2O5S/c1-31-22-10-9-16(12-18(22)23(28)32-2)27(14-19-20(24)7-4-8-21(19)25)33(29,30)17-6-3-5-15(11-17)13-26/h3-12H,14H2,1-2H3. The Morgan fingerprint density at radius 1 is 1.03 bits per heavy atom. The minimum absolute atomic E-state index is 0.0359. The molecule has 7 nitrogen and oxygen atoms in total. The molecule has 170 valence electrons. The second-order valence-corrected chi connectivity index (χ2v) is 9.40. The number of nitriles is 1. The zero-order chi connectivity index (χ0) is 24.2. The summed E-state index contributed by atoms with van der Waals surface area (Å²) in [6.45, 7) is -0.232. The SMILES string of the molecule is COC(=O)c1cc(N(Cc2c(Cl)cccc2Cl)S(=O)(=O)c2cccc(C#N)c2)ccc1OC. The highest BCUT2D eigenvalue weighted by Gasteiger charge is 2.28. The second kappa shape index (κ2) is 10.1. The Kier molecular flexibility index (Phi) is 7.49. The summed E-state index contributed by atoms with van der Waals surface area (Å²) in [5.41, 5.74) is 0.733. The van der Waals surface area contributed by atoms with Gasteiger partial charge in [-0.2, -0.15) is 5.26 Å². The quantitative estimate of drug-likeness (QED) is 0.417. The molecule has 0 fully saturated rings. The van der Waals surface area contributed by atoms with Crippen LogP contribution in [0.4, 0.5) is 5.69 Å². The summed E-state index contributed by atoms with van der Waals surface area (Å²) in [5, 5.41) is 9.76. The predicted octanol–water partition coefficient (Wildman–Crippen LogP) is 5.06. The molecule has 10 heteroatoms. The van der Waals surface area contributed by atoms with E-state index in [-0.39, 0.29) is 44.0 Å². The lowest BCUT2D eigenvalue weighted by Gasteiger charge is -2.26. The second-order valence-electron chi connectivity index (χ2n) is 6.73. The van der Waals surface area contributed by atoms with E-state index < -0.39 is 16.0 Å². The van der Waals surface area contributed by atoms with Crippen molar-refractivity contribution in [3.05, 3.63) is 87.4 Å². The third-order valence-electron chi connectivity index (χ3n) is 4.79. The molecule has 3 rings (SSSR count). The van der Waals surface area contributed by atoms with Crippen molar-refractivity contribution in [3.8, 4) is 11.8 Å². The van der Waals surface area contributed by atoms with E-state index in [4.69, 9.17) is 32.7 Å². The Morgan fingerprint density at radius 3 is 2.30 bits per heavy atom. The van der Waals surface area contributed by atoms with E-state index in [9.17, 15) is 18.5 Å². The van der Waals surface area contributed by atoms with Crippen molar-refractivity contribution in [1.29, 1.82) is 5.26 Å². The average molecular weight is 505 g/mol. The van der Waals surface area contributed by atoms with Gasteiger partial charge in [-0.05, 0) is 48.5 Å². The van der Waals surface area contributed by atoms with Crippen LogP contribution in [0.25, 0.3) is 0 Å². The molecule has 0 bridgehead atoms. The number of methoxy groups -OCH3 is 2. The van der Waals surface area contributed by atoms with E-state index in [0.717, 1.165) is 4.31 Å². The first-order chi connectivity index (χ1) is 15.7. The summed E-state index contributed by atoms with van der Waals surface area (Å²) in [7, 11) is -1.63. The van der Waals surface area contributed by atoms with Gasteiger partial charge in [0.15, 0.2) is 0 Å². The summed E-state index contributed by atoms with van der Waals surface area (Å²) in [5.74, 6) is -0.487. The Balaban J connectivity index is 2.24. The maximum absolute atomic E-state index is 13.7. The lowest BCUT2D eigenvalue weighted by atomic mass is 10.1. The Labute approximate surface area is 201 Å². The van der Waals surface area contributed by atoms with Gasteiger partial charge in [-0.1, -0.05) is 35.3 Å². The highest BCUT2D eigenvalue weighted by atomic mass is 35.5. The van der Waals surface area contributed by atoms with Crippen molar-refractivity contribution in [3.63, 3.8) is 0 Å². The summed E-state index contributed by atoms with van der Waals surface area (Å²) < 4.78 is 38.5. The molecule has 0 saturated carbocycles. The number of hydrogen-bond donors (Lipinski definition) is 0. The normalized spacial score (nSPS) is 10.9. The number of carbonyl (C=O) groups is 1. The van der Waals surface area contributed by atoms with Gasteiger partial charge in [0.1, 0.15) is 11.3 Å². The number of esters is 1. The molecular weight excluding hydrogens is 487 g/mol. The molecule has 0 N–H and O–H groups in total. The van der Waals surface area contributed by atoms with Crippen LogP contribution < -0.4 is 9.04 Å². The van der Waals surface area contributed by atoms with Gasteiger partial charge >= 0.3 is 5.97 Å². The maximum atomic E-state index is 13.7. The van der Waals surface area contributed by atoms with Crippen molar-refractivity contribution >= 4 is 44.9 Å². The Bertz CT molecular complexity index is 1330. The smallest absolute Gasteiger partial charge is 0.341 e. The lowest BCUT2D eigenvalue weighted by molar-refractivity contribution is 0.0597. The molecule has 0 atom stereocenters. The highest BCUT2D eigenvalue weighted by Crippen LogP contribution is 2.34. The monoisotopic (exact) mass is 504 g/mol. The fraction of sp³-hybridized carbons (Fsp3) is 0.130. The van der Waals surface area contributed by atoms with Gasteiger partial charge in [0.05, 0.1) is 43.0 Å². The number of anilines is 1. The van der Waals surface area contributed by atoms with E-state index in [0.29, 0.717) is 5.56 Å². The van der Waals surface area contributed by atoms with Crippen LogP contribution >= 0.6 is 23.2 Å². The van der Waals surface area contributed by atoms with Crippen molar-refractivity contribution < 1.29 is 22.7 Å². The molecule has 0 aliphatic rings. The zero-order valence-corrected chi connectivity index (χ0v) is 19.9. The number of carbonyl (C=O) groups excluding carboxylic acids is 1. The van der Waals surface area contributed by atoms with Crippen LogP contribution in [0.1, 0.15) is 21.5 Å². The average Bonchev–Trinajstić information content (AvgIpc) is 2.82.